The number of nitrogens with one attached hydrogen (secondary N) is 2. The Morgan fingerprint density at radius 2 is 2.00 bits per heavy atom. The number of aryl methyl sites for hydroxylation is 3. The molecule has 6 rings (SSSR count). The van der Waals surface area contributed by atoms with Gasteiger partial charge in [-0.05, 0) is 74.0 Å². The Morgan fingerprint density at radius 1 is 1.17 bits per heavy atom. The Bertz CT molecular complexity index is 1650. The number of aromatic nitrogens is 4. The number of nitrogens with zero attached hydrogens (tertiary/aromatic N) is 3. The van der Waals surface area contributed by atoms with Gasteiger partial charge in [0.1, 0.15) is 23.1 Å². The van der Waals surface area contributed by atoms with Crippen molar-refractivity contribution in [3.05, 3.63) is 76.4 Å². The van der Waals surface area contributed by atoms with E-state index in [0.29, 0.717) is 53.4 Å². The van der Waals surface area contributed by atoms with E-state index in [1.807, 2.05) is 6.92 Å². The Labute approximate surface area is 233 Å². The molecule has 3 atom stereocenters. The number of H-pyrrole nitrogens is 1. The van der Waals surface area contributed by atoms with E-state index in [4.69, 9.17) is 10.5 Å². The van der Waals surface area contributed by atoms with Crippen LogP contribution in [-0.2, 0) is 11.2 Å². The van der Waals surface area contributed by atoms with E-state index in [1.54, 1.807) is 25.1 Å². The predicted octanol–water partition coefficient (Wildman–Crippen LogP) is 4.60. The molecule has 4 aromatic rings. The number of hydrogen-bond donors (Lipinski definition) is 3. The second-order valence-electron chi connectivity index (χ2n) is 10.9. The first-order valence-electron chi connectivity index (χ1n) is 13.3. The molecule has 1 saturated carbocycles. The minimum Gasteiger partial charge on any atom is -0.493 e. The molecule has 3 heterocycles. The van der Waals surface area contributed by atoms with Crippen molar-refractivity contribution in [2.45, 2.75) is 45.4 Å². The number of nitrogens with two attached hydrogens (primary N) is 1. The Hall–Kier alpha value is -4.61. The van der Waals surface area contributed by atoms with E-state index in [1.165, 1.54) is 18.2 Å². The van der Waals surface area contributed by atoms with Gasteiger partial charge in [-0.2, -0.15) is 5.10 Å². The number of rotatable bonds is 8. The first kappa shape index (κ1) is 26.6. The summed E-state index contributed by atoms with van der Waals surface area (Å²) in [6.45, 7) is 3.94. The molecule has 3 unspecified atom stereocenters. The topological polar surface area (TPSA) is 149 Å². The van der Waals surface area contributed by atoms with Crippen LogP contribution in [-0.4, -0.2) is 38.9 Å². The summed E-state index contributed by atoms with van der Waals surface area (Å²) in [6, 6.07) is 8.93. The molecule has 1 aliphatic heterocycles. The molecule has 1 fully saturated rings. The molecule has 2 aromatic heterocycles. The Balaban J connectivity index is 1.20. The lowest BCUT2D eigenvalue weighted by Crippen LogP contribution is -2.32. The number of fused-ring (bicyclic) bond motifs is 1. The predicted molar refractivity (Wildman–Crippen MR) is 143 cm³/mol. The van der Waals surface area contributed by atoms with Crippen LogP contribution in [0.2, 0.25) is 0 Å². The average Bonchev–Trinajstić information content (AvgIpc) is 3.21. The third-order valence-electron chi connectivity index (χ3n) is 8.38. The van der Waals surface area contributed by atoms with Crippen molar-refractivity contribution in [1.82, 2.24) is 20.5 Å². The van der Waals surface area contributed by atoms with Gasteiger partial charge in [0.2, 0.25) is 5.91 Å². The van der Waals surface area contributed by atoms with Crippen LogP contribution in [0.15, 0.2) is 41.0 Å². The SMILES string of the molecule is Cc1n[nH]c(C)c1-c1ccc(NC(=O)CC2c3ccc(F)cc3OCC23CC3CCc2nonc2C(N)=O)cc1F. The number of carbonyl (C=O) groups is 2. The summed E-state index contributed by atoms with van der Waals surface area (Å²) >= 11 is 0. The van der Waals surface area contributed by atoms with Crippen LogP contribution in [0, 0.1) is 36.8 Å². The second-order valence-corrected chi connectivity index (χ2v) is 10.9. The van der Waals surface area contributed by atoms with E-state index in [0.717, 1.165) is 17.7 Å². The number of carbonyl (C=O) groups excluding carboxylic acids is 2. The largest absolute Gasteiger partial charge is 0.493 e. The highest BCUT2D eigenvalue weighted by molar-refractivity contribution is 5.92. The first-order valence-corrected chi connectivity index (χ1v) is 13.3. The van der Waals surface area contributed by atoms with Crippen molar-refractivity contribution in [2.24, 2.45) is 17.1 Å². The molecular formula is C29H28F2N6O4. The number of halogens is 2. The minimum atomic E-state index is -0.710. The monoisotopic (exact) mass is 562 g/mol. The summed E-state index contributed by atoms with van der Waals surface area (Å²) in [5.74, 6) is -1.60. The summed E-state index contributed by atoms with van der Waals surface area (Å²) < 4.78 is 39.8. The molecule has 41 heavy (non-hydrogen) atoms. The van der Waals surface area contributed by atoms with Gasteiger partial charge in [0, 0.05) is 46.3 Å². The first-order chi connectivity index (χ1) is 19.7. The van der Waals surface area contributed by atoms with Gasteiger partial charge in [-0.1, -0.05) is 11.2 Å². The van der Waals surface area contributed by atoms with Gasteiger partial charge >= 0.3 is 0 Å². The summed E-state index contributed by atoms with van der Waals surface area (Å²) in [6.07, 6.45) is 1.93. The number of hydrogen-bond acceptors (Lipinski definition) is 7. The van der Waals surface area contributed by atoms with Gasteiger partial charge in [-0.25, -0.2) is 13.4 Å². The summed E-state index contributed by atoms with van der Waals surface area (Å²) in [5, 5.41) is 17.2. The molecule has 0 bridgehead atoms. The van der Waals surface area contributed by atoms with E-state index in [2.05, 4.69) is 30.5 Å². The Kier molecular flexibility index (Phi) is 6.55. The van der Waals surface area contributed by atoms with Gasteiger partial charge in [-0.15, -0.1) is 0 Å². The van der Waals surface area contributed by atoms with Crippen LogP contribution in [0.1, 0.15) is 58.3 Å². The average molecular weight is 563 g/mol. The number of anilines is 1. The van der Waals surface area contributed by atoms with Crippen molar-refractivity contribution in [3.8, 4) is 16.9 Å². The number of amides is 2. The summed E-state index contributed by atoms with van der Waals surface area (Å²) in [4.78, 5) is 24.9. The zero-order valence-corrected chi connectivity index (χ0v) is 22.5. The van der Waals surface area contributed by atoms with Crippen molar-refractivity contribution in [1.29, 1.82) is 0 Å². The van der Waals surface area contributed by atoms with E-state index in [9.17, 15) is 14.0 Å². The quantitative estimate of drug-likeness (QED) is 0.284. The molecule has 12 heteroatoms. The molecule has 212 valence electrons. The highest BCUT2D eigenvalue weighted by Crippen LogP contribution is 2.66. The standard InChI is InChI=1S/C29H28F2N6O4/c1-14-26(15(2)35-34-14)20-7-5-18(10-22(20)31)33-25(38)11-21-19-6-4-17(30)9-24(19)40-13-29(21)12-16(29)3-8-23-27(28(32)39)37-41-36-23/h4-7,9-10,16,21H,3,8,11-13H2,1-2H3,(H2,32,39)(H,33,38)(H,34,35). The van der Waals surface area contributed by atoms with Crippen LogP contribution >= 0.6 is 0 Å². The molecule has 2 aliphatic rings. The fourth-order valence-electron chi connectivity index (χ4n) is 6.26. The highest BCUT2D eigenvalue weighted by atomic mass is 19.1. The highest BCUT2D eigenvalue weighted by Gasteiger charge is 2.61. The Morgan fingerprint density at radius 3 is 2.73 bits per heavy atom. The van der Waals surface area contributed by atoms with Crippen LogP contribution in [0.25, 0.3) is 11.1 Å². The van der Waals surface area contributed by atoms with Gasteiger partial charge in [0.15, 0.2) is 5.69 Å². The van der Waals surface area contributed by atoms with Crippen LogP contribution in [0.3, 0.4) is 0 Å². The van der Waals surface area contributed by atoms with E-state index < -0.39 is 17.5 Å². The number of primary amides is 1. The van der Waals surface area contributed by atoms with Crippen molar-refractivity contribution < 1.29 is 27.7 Å². The van der Waals surface area contributed by atoms with Crippen molar-refractivity contribution in [2.75, 3.05) is 11.9 Å². The summed E-state index contributed by atoms with van der Waals surface area (Å²) in [5.41, 5.74) is 9.00. The zero-order chi connectivity index (χ0) is 28.9. The number of aromatic amines is 1. The molecule has 1 spiro atoms. The third-order valence-corrected chi connectivity index (χ3v) is 8.38. The van der Waals surface area contributed by atoms with Gasteiger partial charge in [0.05, 0.1) is 12.3 Å². The lowest BCUT2D eigenvalue weighted by atomic mass is 9.76. The number of ether oxygens (including phenoxy) is 1. The summed E-state index contributed by atoms with van der Waals surface area (Å²) in [7, 11) is 0. The molecule has 2 amide bonds. The smallest absolute Gasteiger partial charge is 0.272 e. The van der Waals surface area contributed by atoms with Crippen molar-refractivity contribution >= 4 is 17.5 Å². The van der Waals surface area contributed by atoms with E-state index in [-0.39, 0.29) is 35.3 Å². The fourth-order valence-corrected chi connectivity index (χ4v) is 6.26. The molecule has 2 aromatic carbocycles. The fraction of sp³-hybridized carbons (Fsp3) is 0.345. The van der Waals surface area contributed by atoms with Crippen molar-refractivity contribution in [3.63, 3.8) is 0 Å². The molecule has 4 N–H and O–H groups in total. The van der Waals surface area contributed by atoms with E-state index >= 15 is 4.39 Å². The van der Waals surface area contributed by atoms with Crippen LogP contribution in [0.5, 0.6) is 5.75 Å². The molecule has 1 aliphatic carbocycles. The minimum absolute atomic E-state index is 0.00712. The third kappa shape index (κ3) is 4.83. The maximum absolute atomic E-state index is 15.1. The maximum atomic E-state index is 15.1. The van der Waals surface area contributed by atoms with Gasteiger partial charge in [-0.3, -0.25) is 14.7 Å². The van der Waals surface area contributed by atoms with Crippen LogP contribution < -0.4 is 15.8 Å². The van der Waals surface area contributed by atoms with Gasteiger partial charge < -0.3 is 15.8 Å². The molecule has 10 nitrogen and oxygen atoms in total. The van der Waals surface area contributed by atoms with Gasteiger partial charge in [0.25, 0.3) is 5.91 Å². The van der Waals surface area contributed by atoms with Crippen LogP contribution in [0.4, 0.5) is 14.5 Å². The zero-order valence-electron chi connectivity index (χ0n) is 22.5. The maximum Gasteiger partial charge on any atom is 0.272 e. The molecule has 0 radical (unpaired) electrons. The molecule has 0 saturated heterocycles. The lowest BCUT2D eigenvalue weighted by molar-refractivity contribution is -0.117. The normalized spacial score (nSPS) is 20.9. The lowest BCUT2D eigenvalue weighted by Gasteiger charge is -2.35. The number of benzene rings is 2. The second kappa shape index (κ2) is 10.1. The molecular weight excluding hydrogens is 534 g/mol.